The topological polar surface area (TPSA) is 52.5 Å². The molecule has 1 aliphatic carbocycles. The molecule has 0 radical (unpaired) electrons. The van der Waals surface area contributed by atoms with E-state index < -0.39 is 6.10 Å². The third kappa shape index (κ3) is 3.40. The first-order chi connectivity index (χ1) is 9.46. The second kappa shape index (κ2) is 6.25. The minimum Gasteiger partial charge on any atom is -0.394 e. The van der Waals surface area contributed by atoms with Crippen LogP contribution in [0.2, 0.25) is 0 Å². The molecule has 2 rings (SSSR count). The maximum Gasteiger partial charge on any atom is 0.0943 e. The van der Waals surface area contributed by atoms with Crippen LogP contribution in [0.4, 0.5) is 0 Å². The van der Waals surface area contributed by atoms with E-state index >= 15 is 0 Å². The number of fused-ring (bicyclic) bond motifs is 1. The van der Waals surface area contributed by atoms with Crippen molar-refractivity contribution < 1.29 is 10.2 Å². The van der Waals surface area contributed by atoms with Crippen LogP contribution >= 0.6 is 0 Å². The molecule has 1 aromatic rings. The monoisotopic (exact) mass is 277 g/mol. The summed E-state index contributed by atoms with van der Waals surface area (Å²) in [7, 11) is 0. The fraction of sp³-hybridized carbons (Fsp3) is 0.647. The number of aliphatic hydroxyl groups excluding tert-OH is 2. The van der Waals surface area contributed by atoms with Crippen LogP contribution in [0.5, 0.6) is 0 Å². The van der Waals surface area contributed by atoms with Gasteiger partial charge in [-0.15, -0.1) is 0 Å². The normalized spacial score (nSPS) is 17.9. The third-order valence-electron chi connectivity index (χ3n) is 4.26. The molecular formula is C17H27NO2. The number of rotatable bonds is 6. The Morgan fingerprint density at radius 1 is 1.25 bits per heavy atom. The van der Waals surface area contributed by atoms with Gasteiger partial charge in [0.05, 0.1) is 12.7 Å². The highest BCUT2D eigenvalue weighted by Crippen LogP contribution is 2.27. The summed E-state index contributed by atoms with van der Waals surface area (Å²) >= 11 is 0. The lowest BCUT2D eigenvalue weighted by atomic mass is 9.94. The first kappa shape index (κ1) is 15.5. The maximum atomic E-state index is 10.6. The van der Waals surface area contributed by atoms with Gasteiger partial charge in [0, 0.05) is 11.6 Å². The SMILES string of the molecule is CCC(NC(C)(C)CO)C(O)c1ccc2c(c1)CCC2. The molecule has 1 aromatic carbocycles. The summed E-state index contributed by atoms with van der Waals surface area (Å²) in [5, 5.41) is 23.4. The maximum absolute atomic E-state index is 10.6. The van der Waals surface area contributed by atoms with E-state index in [1.807, 2.05) is 19.9 Å². The molecule has 2 unspecified atom stereocenters. The number of benzene rings is 1. The summed E-state index contributed by atoms with van der Waals surface area (Å²) in [6, 6.07) is 6.32. The Bertz CT molecular complexity index is 456. The van der Waals surface area contributed by atoms with Crippen LogP contribution in [-0.4, -0.2) is 28.4 Å². The Kier molecular flexibility index (Phi) is 4.84. The molecule has 2 atom stereocenters. The molecule has 0 saturated carbocycles. The van der Waals surface area contributed by atoms with Crippen molar-refractivity contribution in [3.8, 4) is 0 Å². The highest BCUT2D eigenvalue weighted by atomic mass is 16.3. The molecule has 1 aliphatic rings. The van der Waals surface area contributed by atoms with E-state index in [4.69, 9.17) is 0 Å². The number of hydrogen-bond donors (Lipinski definition) is 3. The molecule has 0 fully saturated rings. The summed E-state index contributed by atoms with van der Waals surface area (Å²) in [6.45, 7) is 6.01. The van der Waals surface area contributed by atoms with Gasteiger partial charge >= 0.3 is 0 Å². The van der Waals surface area contributed by atoms with Gasteiger partial charge in [0.25, 0.3) is 0 Å². The molecule has 0 saturated heterocycles. The van der Waals surface area contributed by atoms with Crippen LogP contribution in [0.15, 0.2) is 18.2 Å². The fourth-order valence-electron chi connectivity index (χ4n) is 2.96. The van der Waals surface area contributed by atoms with Crippen LogP contribution < -0.4 is 5.32 Å². The van der Waals surface area contributed by atoms with Crippen LogP contribution in [0.1, 0.15) is 56.4 Å². The molecule has 3 nitrogen and oxygen atoms in total. The van der Waals surface area contributed by atoms with Gasteiger partial charge < -0.3 is 15.5 Å². The highest BCUT2D eigenvalue weighted by Gasteiger charge is 2.26. The van der Waals surface area contributed by atoms with Gasteiger partial charge in [0.2, 0.25) is 0 Å². The number of hydrogen-bond acceptors (Lipinski definition) is 3. The molecule has 20 heavy (non-hydrogen) atoms. The zero-order valence-electron chi connectivity index (χ0n) is 12.8. The van der Waals surface area contributed by atoms with E-state index in [9.17, 15) is 10.2 Å². The number of nitrogens with one attached hydrogen (secondary N) is 1. The molecule has 0 aliphatic heterocycles. The van der Waals surface area contributed by atoms with Gasteiger partial charge in [-0.1, -0.05) is 25.1 Å². The second-order valence-electron chi connectivity index (χ2n) is 6.53. The molecular weight excluding hydrogens is 250 g/mol. The lowest BCUT2D eigenvalue weighted by molar-refractivity contribution is 0.0898. The average molecular weight is 277 g/mol. The number of aryl methyl sites for hydroxylation is 2. The molecule has 0 aromatic heterocycles. The molecule has 0 bridgehead atoms. The van der Waals surface area contributed by atoms with Gasteiger partial charge in [-0.05, 0) is 56.2 Å². The quantitative estimate of drug-likeness (QED) is 0.748. The van der Waals surface area contributed by atoms with Crippen molar-refractivity contribution in [1.82, 2.24) is 5.32 Å². The predicted molar refractivity (Wildman–Crippen MR) is 81.8 cm³/mol. The van der Waals surface area contributed by atoms with Gasteiger partial charge in [0.15, 0.2) is 0 Å². The van der Waals surface area contributed by atoms with Crippen LogP contribution in [0, 0.1) is 0 Å². The van der Waals surface area contributed by atoms with Gasteiger partial charge in [0.1, 0.15) is 0 Å². The zero-order valence-corrected chi connectivity index (χ0v) is 12.8. The number of aliphatic hydroxyl groups is 2. The summed E-state index contributed by atoms with van der Waals surface area (Å²) in [4.78, 5) is 0. The van der Waals surface area contributed by atoms with Gasteiger partial charge in [-0.25, -0.2) is 0 Å². The summed E-state index contributed by atoms with van der Waals surface area (Å²) in [6.07, 6.45) is 3.81. The summed E-state index contributed by atoms with van der Waals surface area (Å²) in [5.74, 6) is 0. The molecule has 3 N–H and O–H groups in total. The Morgan fingerprint density at radius 2 is 1.95 bits per heavy atom. The lowest BCUT2D eigenvalue weighted by Crippen LogP contribution is -2.50. The van der Waals surface area contributed by atoms with Gasteiger partial charge in [-0.3, -0.25) is 0 Å². The van der Waals surface area contributed by atoms with Crippen molar-refractivity contribution in [3.05, 3.63) is 34.9 Å². The van der Waals surface area contributed by atoms with E-state index in [0.29, 0.717) is 0 Å². The summed E-state index contributed by atoms with van der Waals surface area (Å²) < 4.78 is 0. The minimum atomic E-state index is -0.531. The van der Waals surface area contributed by atoms with E-state index in [2.05, 4.69) is 24.4 Å². The second-order valence-corrected chi connectivity index (χ2v) is 6.53. The Balaban J connectivity index is 2.14. The van der Waals surface area contributed by atoms with E-state index in [0.717, 1.165) is 18.4 Å². The Labute approximate surface area is 122 Å². The van der Waals surface area contributed by atoms with Crippen LogP contribution in [-0.2, 0) is 12.8 Å². The fourth-order valence-corrected chi connectivity index (χ4v) is 2.96. The molecule has 0 spiro atoms. The average Bonchev–Trinajstić information content (AvgIpc) is 2.91. The van der Waals surface area contributed by atoms with Crippen LogP contribution in [0.25, 0.3) is 0 Å². The van der Waals surface area contributed by atoms with E-state index in [1.165, 1.54) is 24.0 Å². The highest BCUT2D eigenvalue weighted by molar-refractivity contribution is 5.36. The largest absolute Gasteiger partial charge is 0.394 e. The molecule has 112 valence electrons. The Morgan fingerprint density at radius 3 is 2.60 bits per heavy atom. The Hall–Kier alpha value is -0.900. The van der Waals surface area contributed by atoms with E-state index in [1.54, 1.807) is 0 Å². The van der Waals surface area contributed by atoms with Crippen molar-refractivity contribution in [2.45, 2.75) is 64.1 Å². The van der Waals surface area contributed by atoms with Crippen molar-refractivity contribution in [2.24, 2.45) is 0 Å². The standard InChI is InChI=1S/C17H27NO2/c1-4-15(18-17(2,3)11-19)16(20)14-9-8-12-6-5-7-13(12)10-14/h8-10,15-16,18-20H,4-7,11H2,1-3H3. The van der Waals surface area contributed by atoms with Crippen molar-refractivity contribution in [1.29, 1.82) is 0 Å². The smallest absolute Gasteiger partial charge is 0.0943 e. The molecule has 0 amide bonds. The van der Waals surface area contributed by atoms with Crippen molar-refractivity contribution >= 4 is 0 Å². The van der Waals surface area contributed by atoms with E-state index in [-0.39, 0.29) is 18.2 Å². The first-order valence-corrected chi connectivity index (χ1v) is 7.65. The van der Waals surface area contributed by atoms with Crippen molar-refractivity contribution in [3.63, 3.8) is 0 Å². The zero-order chi connectivity index (χ0) is 14.8. The molecule has 3 heteroatoms. The lowest BCUT2D eigenvalue weighted by Gasteiger charge is -2.33. The minimum absolute atomic E-state index is 0.0448. The summed E-state index contributed by atoms with van der Waals surface area (Å²) in [5.41, 5.74) is 3.42. The van der Waals surface area contributed by atoms with Crippen LogP contribution in [0.3, 0.4) is 0 Å². The first-order valence-electron chi connectivity index (χ1n) is 7.65. The predicted octanol–water partition coefficient (Wildman–Crippen LogP) is 2.35. The third-order valence-corrected chi connectivity index (χ3v) is 4.26. The van der Waals surface area contributed by atoms with Gasteiger partial charge in [-0.2, -0.15) is 0 Å². The molecule has 0 heterocycles. The van der Waals surface area contributed by atoms with Crippen molar-refractivity contribution in [2.75, 3.05) is 6.61 Å².